The second kappa shape index (κ2) is 7.76. The minimum atomic E-state index is -2.94. The van der Waals surface area contributed by atoms with Crippen molar-refractivity contribution >= 4 is 0 Å². The summed E-state index contributed by atoms with van der Waals surface area (Å²) in [6, 6.07) is 4.59. The van der Waals surface area contributed by atoms with Crippen molar-refractivity contribution in [3.8, 4) is 11.5 Å². The molecular formula is C15H15F2N5O4. The van der Waals surface area contributed by atoms with Crippen molar-refractivity contribution in [1.82, 2.24) is 24.9 Å². The molecule has 11 heteroatoms. The van der Waals surface area contributed by atoms with Gasteiger partial charge in [-0.25, -0.2) is 9.89 Å². The van der Waals surface area contributed by atoms with Gasteiger partial charge in [-0.05, 0) is 24.6 Å². The molecule has 0 spiro atoms. The Morgan fingerprint density at radius 3 is 2.88 bits per heavy atom. The smallest absolute Gasteiger partial charge is 0.387 e. The van der Waals surface area contributed by atoms with E-state index in [-0.39, 0.29) is 29.6 Å². The van der Waals surface area contributed by atoms with Gasteiger partial charge in [0.05, 0.1) is 6.61 Å². The maximum Gasteiger partial charge on any atom is 0.387 e. The van der Waals surface area contributed by atoms with Crippen LogP contribution in [-0.2, 0) is 13.0 Å². The third kappa shape index (κ3) is 4.23. The number of H-pyrrole nitrogens is 1. The summed E-state index contributed by atoms with van der Waals surface area (Å²) in [6.07, 6.45) is 1.61. The summed E-state index contributed by atoms with van der Waals surface area (Å²) in [5, 5.41) is 9.71. The molecule has 0 aliphatic carbocycles. The van der Waals surface area contributed by atoms with Crippen LogP contribution in [0.5, 0.6) is 11.5 Å². The van der Waals surface area contributed by atoms with Gasteiger partial charge in [0.15, 0.2) is 17.3 Å². The average molecular weight is 367 g/mol. The molecule has 3 rings (SSSR count). The van der Waals surface area contributed by atoms with Gasteiger partial charge in [0.25, 0.3) is 0 Å². The Morgan fingerprint density at radius 2 is 2.19 bits per heavy atom. The molecule has 0 atom stereocenters. The largest absolute Gasteiger partial charge is 0.490 e. The van der Waals surface area contributed by atoms with Crippen molar-refractivity contribution in [3.05, 3.63) is 52.3 Å². The number of rotatable bonds is 8. The highest BCUT2D eigenvalue weighted by Crippen LogP contribution is 2.30. The highest BCUT2D eigenvalue weighted by molar-refractivity contribution is 5.43. The van der Waals surface area contributed by atoms with E-state index < -0.39 is 6.61 Å². The zero-order valence-electron chi connectivity index (χ0n) is 13.7. The number of nitrogens with zero attached hydrogens (tertiary/aromatic N) is 4. The summed E-state index contributed by atoms with van der Waals surface area (Å²) in [5.41, 5.74) is 0.337. The van der Waals surface area contributed by atoms with Gasteiger partial charge in [-0.3, -0.25) is 4.57 Å². The fourth-order valence-corrected chi connectivity index (χ4v) is 2.26. The highest BCUT2D eigenvalue weighted by Gasteiger charge is 2.14. The molecule has 0 saturated heterocycles. The third-order valence-corrected chi connectivity index (χ3v) is 3.32. The normalized spacial score (nSPS) is 11.1. The Morgan fingerprint density at radius 1 is 1.35 bits per heavy atom. The summed E-state index contributed by atoms with van der Waals surface area (Å²) in [5.74, 6) is 0.783. The van der Waals surface area contributed by atoms with Crippen LogP contribution in [0.25, 0.3) is 0 Å². The van der Waals surface area contributed by atoms with E-state index in [1.54, 1.807) is 19.1 Å². The molecule has 9 nitrogen and oxygen atoms in total. The molecule has 2 aromatic heterocycles. The Kier molecular flexibility index (Phi) is 5.25. The van der Waals surface area contributed by atoms with Gasteiger partial charge < -0.3 is 14.0 Å². The van der Waals surface area contributed by atoms with Crippen LogP contribution in [0.4, 0.5) is 8.78 Å². The van der Waals surface area contributed by atoms with Crippen LogP contribution in [0.1, 0.15) is 24.2 Å². The Hall–Kier alpha value is -3.24. The van der Waals surface area contributed by atoms with E-state index in [1.807, 2.05) is 0 Å². The maximum atomic E-state index is 12.4. The van der Waals surface area contributed by atoms with Gasteiger partial charge in [0.2, 0.25) is 5.89 Å². The van der Waals surface area contributed by atoms with Gasteiger partial charge in [0, 0.05) is 6.42 Å². The van der Waals surface area contributed by atoms with E-state index in [0.29, 0.717) is 18.9 Å². The molecule has 1 N–H and O–H groups in total. The van der Waals surface area contributed by atoms with E-state index in [9.17, 15) is 13.6 Å². The number of nitrogens with one attached hydrogen (secondary N) is 1. The molecule has 0 fully saturated rings. The fourth-order valence-electron chi connectivity index (χ4n) is 2.26. The number of halogens is 2. The first-order chi connectivity index (χ1) is 12.5. The molecule has 0 bridgehead atoms. The molecule has 138 valence electrons. The predicted molar refractivity (Wildman–Crippen MR) is 83.3 cm³/mol. The van der Waals surface area contributed by atoms with E-state index >= 15 is 0 Å². The molecule has 3 aromatic rings. The van der Waals surface area contributed by atoms with E-state index in [4.69, 9.17) is 9.26 Å². The molecule has 0 unspecified atom stereocenters. The van der Waals surface area contributed by atoms with Crippen LogP contribution < -0.4 is 15.2 Å². The third-order valence-electron chi connectivity index (χ3n) is 3.32. The quantitative estimate of drug-likeness (QED) is 0.644. The number of ether oxygens (including phenoxy) is 2. The Labute approximate surface area is 145 Å². The lowest BCUT2D eigenvalue weighted by Gasteiger charge is -2.12. The first-order valence-electron chi connectivity index (χ1n) is 7.67. The summed E-state index contributed by atoms with van der Waals surface area (Å²) in [6.45, 7) is -0.809. The number of alkyl halides is 2. The summed E-state index contributed by atoms with van der Waals surface area (Å²) in [7, 11) is 0. The first-order valence-corrected chi connectivity index (χ1v) is 7.67. The summed E-state index contributed by atoms with van der Waals surface area (Å²) < 4.78 is 41.0. The molecule has 2 heterocycles. The number of aromatic nitrogens is 5. The molecule has 0 saturated carbocycles. The van der Waals surface area contributed by atoms with Crippen molar-refractivity contribution in [1.29, 1.82) is 0 Å². The molecule has 0 aliphatic rings. The Bertz CT molecular complexity index is 921. The van der Waals surface area contributed by atoms with Crippen molar-refractivity contribution < 1.29 is 22.8 Å². The number of aromatic amines is 1. The molecular weight excluding hydrogens is 352 g/mol. The Balaban J connectivity index is 1.73. The van der Waals surface area contributed by atoms with Crippen molar-refractivity contribution in [2.75, 3.05) is 6.61 Å². The number of benzene rings is 1. The van der Waals surface area contributed by atoms with Crippen LogP contribution in [-0.4, -0.2) is 38.1 Å². The zero-order valence-corrected chi connectivity index (χ0v) is 13.7. The molecule has 0 aliphatic heterocycles. The second-order valence-electron chi connectivity index (χ2n) is 5.16. The van der Waals surface area contributed by atoms with Crippen LogP contribution >= 0.6 is 0 Å². The van der Waals surface area contributed by atoms with Gasteiger partial charge in [-0.2, -0.15) is 18.9 Å². The van der Waals surface area contributed by atoms with Gasteiger partial charge in [-0.1, -0.05) is 11.2 Å². The van der Waals surface area contributed by atoms with Crippen molar-refractivity contribution in [2.24, 2.45) is 0 Å². The van der Waals surface area contributed by atoms with Crippen molar-refractivity contribution in [2.45, 2.75) is 26.5 Å². The lowest BCUT2D eigenvalue weighted by atomic mass is 10.1. The summed E-state index contributed by atoms with van der Waals surface area (Å²) >= 11 is 0. The zero-order chi connectivity index (χ0) is 18.5. The first kappa shape index (κ1) is 17.6. The number of hydrogen-bond acceptors (Lipinski definition) is 7. The van der Waals surface area contributed by atoms with Crippen LogP contribution in [0, 0.1) is 0 Å². The van der Waals surface area contributed by atoms with Crippen molar-refractivity contribution in [3.63, 3.8) is 0 Å². The second-order valence-corrected chi connectivity index (χ2v) is 5.16. The maximum absolute atomic E-state index is 12.4. The van der Waals surface area contributed by atoms with E-state index in [1.165, 1.54) is 17.0 Å². The van der Waals surface area contributed by atoms with Crippen LogP contribution in [0.2, 0.25) is 0 Å². The lowest BCUT2D eigenvalue weighted by molar-refractivity contribution is -0.0514. The van der Waals surface area contributed by atoms with E-state index in [0.717, 1.165) is 5.56 Å². The van der Waals surface area contributed by atoms with Crippen LogP contribution in [0.3, 0.4) is 0 Å². The summed E-state index contributed by atoms with van der Waals surface area (Å²) in [4.78, 5) is 15.6. The monoisotopic (exact) mass is 367 g/mol. The van der Waals surface area contributed by atoms with Crippen LogP contribution in [0.15, 0.2) is 33.8 Å². The SMILES string of the molecule is CCOc1cc(Cc2noc(Cn3cn[nH]c3=O)n2)ccc1OC(F)F. The standard InChI is InChI=1S/C15H15F2N5O4/c1-2-24-11-5-9(3-4-10(11)25-14(16)17)6-12-19-13(26-21-12)7-22-8-18-20-15(22)23/h3-5,8,14H,2,6-7H2,1H3,(H,20,23). The van der Waals surface area contributed by atoms with Gasteiger partial charge in [0.1, 0.15) is 12.9 Å². The minimum absolute atomic E-state index is 0.0428. The minimum Gasteiger partial charge on any atom is -0.490 e. The topological polar surface area (TPSA) is 108 Å². The highest BCUT2D eigenvalue weighted by atomic mass is 19.3. The lowest BCUT2D eigenvalue weighted by Crippen LogP contribution is -2.16. The molecule has 1 aromatic carbocycles. The van der Waals surface area contributed by atoms with E-state index in [2.05, 4.69) is 25.1 Å². The predicted octanol–water partition coefficient (Wildman–Crippen LogP) is 1.59. The molecule has 26 heavy (non-hydrogen) atoms. The molecule has 0 radical (unpaired) electrons. The van der Waals surface area contributed by atoms with Gasteiger partial charge in [-0.15, -0.1) is 0 Å². The van der Waals surface area contributed by atoms with Gasteiger partial charge >= 0.3 is 12.3 Å². The molecule has 0 amide bonds. The average Bonchev–Trinajstić information content (AvgIpc) is 3.20. The fraction of sp³-hybridized carbons (Fsp3) is 0.333. The number of hydrogen-bond donors (Lipinski definition) is 1.